The Balaban J connectivity index is 1.53. The summed E-state index contributed by atoms with van der Waals surface area (Å²) in [5.41, 5.74) is 2.93. The average Bonchev–Trinajstić information content (AvgIpc) is 3.42. The number of rotatable bonds is 7. The molecule has 1 aliphatic rings. The molecule has 0 bridgehead atoms. The molecule has 1 fully saturated rings. The number of aromatic nitrogens is 3. The Morgan fingerprint density at radius 3 is 2.38 bits per heavy atom. The van der Waals surface area contributed by atoms with Gasteiger partial charge in [-0.2, -0.15) is 0 Å². The lowest BCUT2D eigenvalue weighted by Crippen LogP contribution is -2.44. The summed E-state index contributed by atoms with van der Waals surface area (Å²) in [6, 6.07) is 15.8. The van der Waals surface area contributed by atoms with Gasteiger partial charge in [0.25, 0.3) is 0 Å². The molecule has 0 unspecified atom stereocenters. The van der Waals surface area contributed by atoms with Gasteiger partial charge >= 0.3 is 0 Å². The van der Waals surface area contributed by atoms with Crippen molar-refractivity contribution in [1.82, 2.24) is 14.5 Å². The molecule has 3 heterocycles. The van der Waals surface area contributed by atoms with Crippen LogP contribution in [-0.4, -0.2) is 58.0 Å². The van der Waals surface area contributed by atoms with Gasteiger partial charge in [-0.15, -0.1) is 0 Å². The van der Waals surface area contributed by atoms with E-state index >= 15 is 0 Å². The Morgan fingerprint density at radius 1 is 1.03 bits per heavy atom. The summed E-state index contributed by atoms with van der Waals surface area (Å²) >= 11 is 0. The first-order chi connectivity index (χ1) is 18.5. The van der Waals surface area contributed by atoms with Crippen molar-refractivity contribution in [2.24, 2.45) is 0 Å². The van der Waals surface area contributed by atoms with E-state index in [2.05, 4.69) is 49.1 Å². The second kappa shape index (κ2) is 10.4. The summed E-state index contributed by atoms with van der Waals surface area (Å²) in [4.78, 5) is 9.03. The molecule has 1 saturated heterocycles. The van der Waals surface area contributed by atoms with Gasteiger partial charge in [0.05, 0.1) is 12.0 Å². The molecule has 0 radical (unpaired) electrons. The van der Waals surface area contributed by atoms with Crippen LogP contribution in [-0.2, 0) is 9.16 Å². The van der Waals surface area contributed by atoms with E-state index in [1.54, 1.807) is 16.7 Å². The number of benzene rings is 2. The summed E-state index contributed by atoms with van der Waals surface area (Å²) in [5, 5.41) is 26.0. The van der Waals surface area contributed by atoms with E-state index in [0.29, 0.717) is 22.5 Å². The van der Waals surface area contributed by atoms with Crippen molar-refractivity contribution < 1.29 is 23.8 Å². The predicted molar refractivity (Wildman–Crippen MR) is 152 cm³/mol. The largest absolute Gasteiger partial charge is 0.414 e. The van der Waals surface area contributed by atoms with E-state index in [0.717, 1.165) is 11.1 Å². The fourth-order valence-corrected chi connectivity index (χ4v) is 5.50. The van der Waals surface area contributed by atoms with E-state index in [4.69, 9.17) is 9.16 Å². The van der Waals surface area contributed by atoms with Crippen LogP contribution in [0.1, 0.15) is 27.0 Å². The van der Waals surface area contributed by atoms with E-state index in [9.17, 15) is 14.6 Å². The van der Waals surface area contributed by atoms with E-state index in [1.165, 1.54) is 18.5 Å². The van der Waals surface area contributed by atoms with Gasteiger partial charge in [0.15, 0.2) is 14.5 Å². The first-order valence-electron chi connectivity index (χ1n) is 13.1. The Hall–Kier alpha value is -3.15. The minimum Gasteiger partial charge on any atom is -0.414 e. The van der Waals surface area contributed by atoms with E-state index in [-0.39, 0.29) is 17.5 Å². The van der Waals surface area contributed by atoms with Gasteiger partial charge in [0.2, 0.25) is 0 Å². The normalized spacial score (nSPS) is 21.9. The summed E-state index contributed by atoms with van der Waals surface area (Å²) in [5.74, 6) is 0.192. The molecule has 10 heteroatoms. The van der Waals surface area contributed by atoms with Crippen LogP contribution >= 0.6 is 0 Å². The van der Waals surface area contributed by atoms with Crippen molar-refractivity contribution in [3.63, 3.8) is 0 Å². The summed E-state index contributed by atoms with van der Waals surface area (Å²) in [7, 11) is -2.09. The maximum atomic E-state index is 13.5. The smallest absolute Gasteiger partial charge is 0.192 e. The van der Waals surface area contributed by atoms with Crippen LogP contribution in [0.3, 0.4) is 0 Å². The highest BCUT2D eigenvalue weighted by atomic mass is 28.4. The van der Waals surface area contributed by atoms with Crippen LogP contribution in [0.2, 0.25) is 18.1 Å². The zero-order valence-corrected chi connectivity index (χ0v) is 23.8. The number of aliphatic hydroxyl groups is 2. The number of halogens is 1. The minimum absolute atomic E-state index is 0.000628. The van der Waals surface area contributed by atoms with Gasteiger partial charge in [-0.1, -0.05) is 51.1 Å². The quantitative estimate of drug-likeness (QED) is 0.257. The third-order valence-electron chi connectivity index (χ3n) is 7.83. The number of ether oxygens (including phenoxy) is 1. The molecule has 1 aliphatic heterocycles. The second-order valence-electron chi connectivity index (χ2n) is 11.5. The molecule has 8 nitrogen and oxygen atoms in total. The number of fused-ring (bicyclic) bond motifs is 1. The van der Waals surface area contributed by atoms with E-state index < -0.39 is 32.9 Å². The summed E-state index contributed by atoms with van der Waals surface area (Å²) < 4.78 is 27.8. The van der Waals surface area contributed by atoms with Crippen molar-refractivity contribution in [3.8, 4) is 11.1 Å². The number of anilines is 2. The highest BCUT2D eigenvalue weighted by molar-refractivity contribution is 6.74. The molecule has 2 aromatic carbocycles. The standard InChI is InChI=1S/C29H35FN4O4Si/c1-29(2,3)39(4,5)37-16-22-24(35)25(36)28(38-22)34-15-21(18-9-7-6-8-10-18)23-26(31-17-32-27(23)34)33-20-13-11-19(30)12-14-20/h6-15,17,22,24-25,28,35-36H,16H2,1-5H3,(H,31,32,33)/t22-,24+,25+,28+/m0/s1. The SMILES string of the molecule is CC(C)(C)[Si](C)(C)OC[C@@H]1O[C@@H](n2cc(-c3ccccc3)c3c(Nc4ccc(F)cc4)ncnc32)[C@H](O)[C@@H]1O. The van der Waals surface area contributed by atoms with Crippen molar-refractivity contribution in [2.45, 2.75) is 63.4 Å². The molecule has 3 N–H and O–H groups in total. The Labute approximate surface area is 228 Å². The van der Waals surface area contributed by atoms with Crippen molar-refractivity contribution >= 4 is 30.9 Å². The van der Waals surface area contributed by atoms with Crippen molar-refractivity contribution in [1.29, 1.82) is 0 Å². The van der Waals surface area contributed by atoms with Crippen LogP contribution in [0.15, 0.2) is 67.1 Å². The van der Waals surface area contributed by atoms with Crippen LogP contribution in [0.25, 0.3) is 22.2 Å². The molecule has 5 rings (SSSR count). The van der Waals surface area contributed by atoms with Crippen LogP contribution in [0.5, 0.6) is 0 Å². The molecule has 0 spiro atoms. The average molecular weight is 551 g/mol. The molecule has 4 aromatic rings. The number of nitrogens with zero attached hydrogens (tertiary/aromatic N) is 3. The van der Waals surface area contributed by atoms with Gasteiger partial charge in [0.1, 0.15) is 41.9 Å². The summed E-state index contributed by atoms with van der Waals surface area (Å²) in [6.07, 6.45) is -0.619. The monoisotopic (exact) mass is 550 g/mol. The Kier molecular flexibility index (Phi) is 7.34. The maximum absolute atomic E-state index is 13.5. The zero-order valence-electron chi connectivity index (χ0n) is 22.8. The topological polar surface area (TPSA) is 102 Å². The van der Waals surface area contributed by atoms with Gasteiger partial charge in [-0.05, 0) is 48.0 Å². The Bertz CT molecular complexity index is 1440. The fraction of sp³-hybridized carbons (Fsp3) is 0.379. The first-order valence-corrected chi connectivity index (χ1v) is 16.0. The highest BCUT2D eigenvalue weighted by Gasteiger charge is 2.46. The minimum atomic E-state index is -2.09. The molecule has 0 amide bonds. The lowest BCUT2D eigenvalue weighted by Gasteiger charge is -2.37. The predicted octanol–water partition coefficient (Wildman–Crippen LogP) is 5.62. The molecule has 0 aliphatic carbocycles. The second-order valence-corrected chi connectivity index (χ2v) is 16.3. The molecule has 206 valence electrons. The van der Waals surface area contributed by atoms with E-state index in [1.807, 2.05) is 36.5 Å². The molecular weight excluding hydrogens is 515 g/mol. The van der Waals surface area contributed by atoms with Gasteiger partial charge < -0.3 is 29.3 Å². The van der Waals surface area contributed by atoms with Crippen molar-refractivity contribution in [3.05, 3.63) is 72.9 Å². The lowest BCUT2D eigenvalue weighted by atomic mass is 10.1. The van der Waals surface area contributed by atoms with Crippen LogP contribution < -0.4 is 5.32 Å². The van der Waals surface area contributed by atoms with Crippen molar-refractivity contribution in [2.75, 3.05) is 11.9 Å². The number of aliphatic hydroxyl groups excluding tert-OH is 2. The fourth-order valence-electron chi connectivity index (χ4n) is 4.48. The molecule has 4 atom stereocenters. The molecular formula is C29H35FN4O4Si. The van der Waals surface area contributed by atoms with Gasteiger partial charge in [-0.3, -0.25) is 0 Å². The lowest BCUT2D eigenvalue weighted by molar-refractivity contribution is -0.0488. The molecule has 2 aromatic heterocycles. The van der Waals surface area contributed by atoms with Gasteiger partial charge in [0, 0.05) is 17.4 Å². The third-order valence-corrected chi connectivity index (χ3v) is 12.3. The molecule has 39 heavy (non-hydrogen) atoms. The van der Waals surface area contributed by atoms with Gasteiger partial charge in [-0.25, -0.2) is 14.4 Å². The van der Waals surface area contributed by atoms with Crippen LogP contribution in [0.4, 0.5) is 15.9 Å². The number of hydrogen-bond acceptors (Lipinski definition) is 7. The maximum Gasteiger partial charge on any atom is 0.192 e. The van der Waals surface area contributed by atoms with Crippen LogP contribution in [0, 0.1) is 5.82 Å². The number of nitrogens with one attached hydrogen (secondary N) is 1. The Morgan fingerprint density at radius 2 is 1.72 bits per heavy atom. The number of hydrogen-bond donors (Lipinski definition) is 3. The third kappa shape index (κ3) is 5.35. The highest BCUT2D eigenvalue weighted by Crippen LogP contribution is 2.41. The summed E-state index contributed by atoms with van der Waals surface area (Å²) in [6.45, 7) is 10.9. The first kappa shape index (κ1) is 27.4. The zero-order chi connectivity index (χ0) is 27.9. The molecule has 0 saturated carbocycles.